The molecule has 5 heteroatoms. The maximum Gasteiger partial charge on any atom is 0.213 e. The Kier molecular flexibility index (Phi) is 4.08. The van der Waals surface area contributed by atoms with Crippen molar-refractivity contribution in [2.24, 2.45) is 0 Å². The zero-order chi connectivity index (χ0) is 15.1. The predicted molar refractivity (Wildman–Crippen MR) is 88.6 cm³/mol. The van der Waals surface area contributed by atoms with E-state index in [1.165, 1.54) is 0 Å². The van der Waals surface area contributed by atoms with Crippen molar-refractivity contribution in [2.45, 2.75) is 25.7 Å². The number of halogens is 3. The summed E-state index contributed by atoms with van der Waals surface area (Å²) in [7, 11) is 0. The standard InChI is InChI=1S/C16H12BrCl2NO/c1-2-8-3-9-4-11(18)6-13(19)14(9)16(21)15-12(8)5-10(17)7-20-15/h4-8H,2-3H2,1H3. The van der Waals surface area contributed by atoms with E-state index in [1.807, 2.05) is 12.1 Å². The number of rotatable bonds is 1. The molecule has 0 N–H and O–H groups in total. The van der Waals surface area contributed by atoms with Crippen LogP contribution in [0.4, 0.5) is 0 Å². The second-order valence-electron chi connectivity index (χ2n) is 5.15. The van der Waals surface area contributed by atoms with Crippen molar-refractivity contribution in [3.63, 3.8) is 0 Å². The molecule has 1 atom stereocenters. The van der Waals surface area contributed by atoms with Gasteiger partial charge in [0, 0.05) is 21.3 Å². The van der Waals surface area contributed by atoms with Crippen molar-refractivity contribution in [3.8, 4) is 0 Å². The van der Waals surface area contributed by atoms with Crippen LogP contribution in [0.1, 0.15) is 46.4 Å². The SMILES string of the molecule is CCC1Cc2cc(Cl)cc(Cl)c2C(=O)c2ncc(Br)cc21. The van der Waals surface area contributed by atoms with E-state index in [-0.39, 0.29) is 11.7 Å². The smallest absolute Gasteiger partial charge is 0.213 e. The van der Waals surface area contributed by atoms with Crippen LogP contribution in [0.15, 0.2) is 28.9 Å². The van der Waals surface area contributed by atoms with Gasteiger partial charge in [-0.05, 0) is 64.0 Å². The quantitative estimate of drug-likeness (QED) is 0.655. The third-order valence-electron chi connectivity index (χ3n) is 3.86. The average Bonchev–Trinajstić information content (AvgIpc) is 2.54. The van der Waals surface area contributed by atoms with E-state index in [9.17, 15) is 4.79 Å². The maximum atomic E-state index is 12.8. The largest absolute Gasteiger partial charge is 0.287 e. The molecule has 0 saturated heterocycles. The van der Waals surface area contributed by atoms with Gasteiger partial charge in [0.1, 0.15) is 5.69 Å². The molecular weight excluding hydrogens is 373 g/mol. The predicted octanol–water partition coefficient (Wildman–Crippen LogP) is 5.43. The van der Waals surface area contributed by atoms with E-state index < -0.39 is 0 Å². The van der Waals surface area contributed by atoms with Crippen LogP contribution in [0.2, 0.25) is 10.0 Å². The lowest BCUT2D eigenvalue weighted by atomic mass is 9.91. The fourth-order valence-electron chi connectivity index (χ4n) is 2.86. The van der Waals surface area contributed by atoms with Gasteiger partial charge in [-0.1, -0.05) is 30.1 Å². The van der Waals surface area contributed by atoms with Crippen molar-refractivity contribution in [3.05, 3.63) is 61.3 Å². The van der Waals surface area contributed by atoms with E-state index in [4.69, 9.17) is 23.2 Å². The Balaban J connectivity index is 2.29. The summed E-state index contributed by atoms with van der Waals surface area (Å²) in [5, 5.41) is 0.955. The summed E-state index contributed by atoms with van der Waals surface area (Å²) in [5.41, 5.74) is 2.90. The van der Waals surface area contributed by atoms with Crippen LogP contribution in [-0.4, -0.2) is 10.8 Å². The summed E-state index contributed by atoms with van der Waals surface area (Å²) in [5.74, 6) is 0.106. The minimum Gasteiger partial charge on any atom is -0.287 e. The van der Waals surface area contributed by atoms with Gasteiger partial charge < -0.3 is 0 Å². The van der Waals surface area contributed by atoms with Gasteiger partial charge in [-0.25, -0.2) is 0 Å². The van der Waals surface area contributed by atoms with Crippen LogP contribution < -0.4 is 0 Å². The molecule has 1 aromatic heterocycles. The summed E-state index contributed by atoms with van der Waals surface area (Å²) >= 11 is 15.8. The maximum absolute atomic E-state index is 12.8. The van der Waals surface area contributed by atoms with Gasteiger partial charge >= 0.3 is 0 Å². The van der Waals surface area contributed by atoms with Crippen LogP contribution in [0.5, 0.6) is 0 Å². The highest BCUT2D eigenvalue weighted by Gasteiger charge is 2.30. The first-order valence-corrected chi connectivity index (χ1v) is 8.24. The first-order valence-electron chi connectivity index (χ1n) is 6.69. The lowest BCUT2D eigenvalue weighted by Gasteiger charge is -2.15. The number of nitrogens with zero attached hydrogens (tertiary/aromatic N) is 1. The van der Waals surface area contributed by atoms with Gasteiger partial charge in [0.2, 0.25) is 5.78 Å². The molecule has 1 aliphatic carbocycles. The monoisotopic (exact) mass is 383 g/mol. The van der Waals surface area contributed by atoms with Gasteiger partial charge in [-0.2, -0.15) is 0 Å². The summed E-state index contributed by atoms with van der Waals surface area (Å²) in [4.78, 5) is 17.2. The molecule has 0 amide bonds. The van der Waals surface area contributed by atoms with Crippen molar-refractivity contribution in [2.75, 3.05) is 0 Å². The Labute approximate surface area is 141 Å². The molecule has 2 aromatic rings. The summed E-state index contributed by atoms with van der Waals surface area (Å²) in [6.07, 6.45) is 3.31. The third-order valence-corrected chi connectivity index (χ3v) is 4.81. The topological polar surface area (TPSA) is 30.0 Å². The van der Waals surface area contributed by atoms with E-state index in [1.54, 1.807) is 12.3 Å². The molecule has 0 radical (unpaired) electrons. The second-order valence-corrected chi connectivity index (χ2v) is 6.91. The number of fused-ring (bicyclic) bond motifs is 2. The number of ketones is 1. The van der Waals surface area contributed by atoms with Crippen LogP contribution in [0, 0.1) is 0 Å². The highest BCUT2D eigenvalue weighted by molar-refractivity contribution is 9.10. The average molecular weight is 385 g/mol. The van der Waals surface area contributed by atoms with Gasteiger partial charge in [-0.15, -0.1) is 0 Å². The lowest BCUT2D eigenvalue weighted by Crippen LogP contribution is -2.08. The van der Waals surface area contributed by atoms with Crippen molar-refractivity contribution in [1.82, 2.24) is 4.98 Å². The fraction of sp³-hybridized carbons (Fsp3) is 0.250. The van der Waals surface area contributed by atoms with Gasteiger partial charge in [-0.3, -0.25) is 9.78 Å². The molecule has 0 fully saturated rings. The van der Waals surface area contributed by atoms with Crippen LogP contribution in [0.25, 0.3) is 0 Å². The minimum absolute atomic E-state index is 0.120. The molecule has 0 spiro atoms. The number of carbonyl (C=O) groups excluding carboxylic acids is 1. The molecule has 1 aromatic carbocycles. The Bertz CT molecular complexity index is 745. The third kappa shape index (κ3) is 2.63. The Morgan fingerprint density at radius 1 is 1.33 bits per heavy atom. The number of aromatic nitrogens is 1. The molecule has 21 heavy (non-hydrogen) atoms. The Morgan fingerprint density at radius 3 is 2.81 bits per heavy atom. The first-order chi connectivity index (χ1) is 10.0. The van der Waals surface area contributed by atoms with E-state index in [2.05, 4.69) is 27.8 Å². The number of pyridine rings is 1. The highest BCUT2D eigenvalue weighted by atomic mass is 79.9. The van der Waals surface area contributed by atoms with Gasteiger partial charge in [0.25, 0.3) is 0 Å². The van der Waals surface area contributed by atoms with E-state index in [0.717, 1.165) is 28.4 Å². The molecular formula is C16H12BrCl2NO. The van der Waals surface area contributed by atoms with Crippen molar-refractivity contribution < 1.29 is 4.79 Å². The van der Waals surface area contributed by atoms with Crippen LogP contribution >= 0.6 is 39.1 Å². The lowest BCUT2D eigenvalue weighted by molar-refractivity contribution is 0.103. The molecule has 1 aliphatic rings. The minimum atomic E-state index is -0.120. The number of carbonyl (C=O) groups is 1. The van der Waals surface area contributed by atoms with Gasteiger partial charge in [0.05, 0.1) is 5.02 Å². The van der Waals surface area contributed by atoms with Gasteiger partial charge in [0.15, 0.2) is 0 Å². The van der Waals surface area contributed by atoms with Crippen molar-refractivity contribution in [1.29, 1.82) is 0 Å². The highest BCUT2D eigenvalue weighted by Crippen LogP contribution is 2.38. The molecule has 0 bridgehead atoms. The Morgan fingerprint density at radius 2 is 2.10 bits per heavy atom. The van der Waals surface area contributed by atoms with Crippen LogP contribution in [-0.2, 0) is 6.42 Å². The first kappa shape index (κ1) is 15.0. The zero-order valence-electron chi connectivity index (χ0n) is 11.3. The molecule has 108 valence electrons. The number of hydrogen-bond acceptors (Lipinski definition) is 2. The van der Waals surface area contributed by atoms with E-state index in [0.29, 0.717) is 21.3 Å². The van der Waals surface area contributed by atoms with Crippen molar-refractivity contribution >= 4 is 44.9 Å². The molecule has 0 saturated carbocycles. The Hall–Kier alpha value is -0.900. The van der Waals surface area contributed by atoms with E-state index >= 15 is 0 Å². The zero-order valence-corrected chi connectivity index (χ0v) is 14.4. The fourth-order valence-corrected chi connectivity index (χ4v) is 3.83. The summed E-state index contributed by atoms with van der Waals surface area (Å²) in [6.45, 7) is 2.11. The molecule has 1 unspecified atom stereocenters. The van der Waals surface area contributed by atoms with Crippen LogP contribution in [0.3, 0.4) is 0 Å². The second kappa shape index (κ2) is 5.71. The number of hydrogen-bond donors (Lipinski definition) is 0. The molecule has 2 nitrogen and oxygen atoms in total. The summed E-state index contributed by atoms with van der Waals surface area (Å²) in [6, 6.07) is 5.44. The number of benzene rings is 1. The molecule has 1 heterocycles. The normalized spacial score (nSPS) is 17.1. The summed E-state index contributed by atoms with van der Waals surface area (Å²) < 4.78 is 0.877. The molecule has 3 rings (SSSR count). The molecule has 0 aliphatic heterocycles.